The zero-order valence-electron chi connectivity index (χ0n) is 14.4. The highest BCUT2D eigenvalue weighted by atomic mass is 35.5. The molecule has 0 N–H and O–H groups in total. The summed E-state index contributed by atoms with van der Waals surface area (Å²) in [6.07, 6.45) is 1.29. The van der Waals surface area contributed by atoms with E-state index in [-0.39, 0.29) is 5.97 Å². The molecule has 2 aromatic carbocycles. The molecule has 0 spiro atoms. The molecule has 0 radical (unpaired) electrons. The van der Waals surface area contributed by atoms with E-state index >= 15 is 0 Å². The Morgan fingerprint density at radius 1 is 1.16 bits per heavy atom. The number of carbonyl (C=O) groups excluding carboxylic acids is 1. The molecular formula is C21H21ClO3. The summed E-state index contributed by atoms with van der Waals surface area (Å²) < 4.78 is 11.6. The van der Waals surface area contributed by atoms with E-state index in [4.69, 9.17) is 21.1 Å². The molecule has 1 aliphatic heterocycles. The largest absolute Gasteiger partial charge is 0.482 e. The number of hydrogen-bond donors (Lipinski definition) is 0. The van der Waals surface area contributed by atoms with Gasteiger partial charge in [0.1, 0.15) is 11.4 Å². The fourth-order valence-electron chi connectivity index (χ4n) is 3.06. The lowest BCUT2D eigenvalue weighted by atomic mass is 9.85. The number of esters is 1. The van der Waals surface area contributed by atoms with Crippen LogP contribution in [-0.4, -0.2) is 12.6 Å². The van der Waals surface area contributed by atoms with Crippen LogP contribution < -0.4 is 0 Å². The van der Waals surface area contributed by atoms with Gasteiger partial charge >= 0.3 is 5.97 Å². The van der Waals surface area contributed by atoms with Gasteiger partial charge < -0.3 is 9.47 Å². The highest BCUT2D eigenvalue weighted by molar-refractivity contribution is 6.30. The van der Waals surface area contributed by atoms with Crippen molar-refractivity contribution < 1.29 is 14.3 Å². The first-order valence-electron chi connectivity index (χ1n) is 8.44. The molecule has 0 aromatic heterocycles. The SMILES string of the molecule is CCOC(=O)C1=C(c2ccccc2)OC(C)(c2ccc(Cl)cc2)CC1. The smallest absolute Gasteiger partial charge is 0.337 e. The maximum atomic E-state index is 12.4. The zero-order valence-corrected chi connectivity index (χ0v) is 15.2. The van der Waals surface area contributed by atoms with Gasteiger partial charge in [0, 0.05) is 10.6 Å². The predicted molar refractivity (Wildman–Crippen MR) is 99.1 cm³/mol. The highest BCUT2D eigenvalue weighted by Crippen LogP contribution is 2.43. The Balaban J connectivity index is 2.02. The van der Waals surface area contributed by atoms with E-state index in [0.29, 0.717) is 35.8 Å². The summed E-state index contributed by atoms with van der Waals surface area (Å²) in [6.45, 7) is 4.20. The van der Waals surface area contributed by atoms with Crippen LogP contribution >= 0.6 is 11.6 Å². The van der Waals surface area contributed by atoms with E-state index in [1.807, 2.05) is 68.4 Å². The summed E-state index contributed by atoms with van der Waals surface area (Å²) in [5.41, 5.74) is 1.99. The second kappa shape index (κ2) is 7.32. The molecule has 4 heteroatoms. The molecule has 0 saturated heterocycles. The van der Waals surface area contributed by atoms with Crippen molar-refractivity contribution in [1.29, 1.82) is 0 Å². The third-order valence-corrected chi connectivity index (χ3v) is 4.72. The third-order valence-electron chi connectivity index (χ3n) is 4.47. The Morgan fingerprint density at radius 3 is 2.48 bits per heavy atom. The molecule has 1 unspecified atom stereocenters. The number of rotatable bonds is 4. The maximum absolute atomic E-state index is 12.4. The fraction of sp³-hybridized carbons (Fsp3) is 0.286. The summed E-state index contributed by atoms with van der Waals surface area (Å²) in [5.74, 6) is 0.294. The Morgan fingerprint density at radius 2 is 1.84 bits per heavy atom. The van der Waals surface area contributed by atoms with Crippen LogP contribution in [0, 0.1) is 0 Å². The van der Waals surface area contributed by atoms with Crippen LogP contribution in [0.1, 0.15) is 37.8 Å². The monoisotopic (exact) mass is 356 g/mol. The van der Waals surface area contributed by atoms with Gasteiger partial charge in [-0.2, -0.15) is 0 Å². The van der Waals surface area contributed by atoms with Gasteiger partial charge in [-0.15, -0.1) is 0 Å². The number of ether oxygens (including phenoxy) is 2. The van der Waals surface area contributed by atoms with Crippen molar-refractivity contribution in [2.24, 2.45) is 0 Å². The lowest BCUT2D eigenvalue weighted by molar-refractivity contribution is -0.139. The quantitative estimate of drug-likeness (QED) is 0.693. The van der Waals surface area contributed by atoms with Crippen molar-refractivity contribution >= 4 is 23.3 Å². The van der Waals surface area contributed by atoms with Crippen molar-refractivity contribution in [3.8, 4) is 0 Å². The minimum Gasteiger partial charge on any atom is -0.482 e. The first-order chi connectivity index (χ1) is 12.0. The van der Waals surface area contributed by atoms with Crippen molar-refractivity contribution in [3.63, 3.8) is 0 Å². The third kappa shape index (κ3) is 3.72. The molecule has 2 aromatic rings. The molecule has 1 heterocycles. The van der Waals surface area contributed by atoms with E-state index in [1.54, 1.807) is 0 Å². The van der Waals surface area contributed by atoms with Crippen LogP contribution in [-0.2, 0) is 19.9 Å². The molecule has 1 aliphatic rings. The molecule has 0 aliphatic carbocycles. The van der Waals surface area contributed by atoms with Crippen LogP contribution in [0.15, 0.2) is 60.2 Å². The Kier molecular flexibility index (Phi) is 5.14. The first-order valence-corrected chi connectivity index (χ1v) is 8.82. The van der Waals surface area contributed by atoms with Crippen molar-refractivity contribution in [3.05, 3.63) is 76.3 Å². The van der Waals surface area contributed by atoms with Crippen LogP contribution in [0.4, 0.5) is 0 Å². The average molecular weight is 357 g/mol. The second-order valence-electron chi connectivity index (χ2n) is 6.23. The molecule has 1 atom stereocenters. The highest BCUT2D eigenvalue weighted by Gasteiger charge is 2.37. The molecule has 0 saturated carbocycles. The van der Waals surface area contributed by atoms with E-state index in [9.17, 15) is 4.79 Å². The van der Waals surface area contributed by atoms with Gasteiger partial charge in [-0.3, -0.25) is 0 Å². The zero-order chi connectivity index (χ0) is 17.9. The topological polar surface area (TPSA) is 35.5 Å². The van der Waals surface area contributed by atoms with E-state index in [2.05, 4.69) is 0 Å². The van der Waals surface area contributed by atoms with Gasteiger partial charge in [0.25, 0.3) is 0 Å². The summed E-state index contributed by atoms with van der Waals surface area (Å²) in [7, 11) is 0. The molecule has 3 nitrogen and oxygen atoms in total. The Labute approximate surface area is 153 Å². The van der Waals surface area contributed by atoms with Crippen LogP contribution in [0.25, 0.3) is 5.76 Å². The van der Waals surface area contributed by atoms with Crippen molar-refractivity contribution in [2.45, 2.75) is 32.3 Å². The number of benzene rings is 2. The maximum Gasteiger partial charge on any atom is 0.337 e. The molecule has 0 bridgehead atoms. The van der Waals surface area contributed by atoms with Gasteiger partial charge in [0.2, 0.25) is 0 Å². The summed E-state index contributed by atoms with van der Waals surface area (Å²) in [4.78, 5) is 12.4. The van der Waals surface area contributed by atoms with Crippen LogP contribution in [0.5, 0.6) is 0 Å². The summed E-state index contributed by atoms with van der Waals surface area (Å²) >= 11 is 6.01. The second-order valence-corrected chi connectivity index (χ2v) is 6.67. The normalized spacial score (nSPS) is 20.1. The molecule has 130 valence electrons. The Bertz CT molecular complexity index is 781. The first kappa shape index (κ1) is 17.6. The summed E-state index contributed by atoms with van der Waals surface area (Å²) in [5, 5.41) is 0.689. The molecule has 0 amide bonds. The number of carbonyl (C=O) groups is 1. The standard InChI is InChI=1S/C21H21ClO3/c1-3-24-20(23)18-13-14-21(2,16-9-11-17(22)12-10-16)25-19(18)15-7-5-4-6-8-15/h4-12H,3,13-14H2,1-2H3. The lowest BCUT2D eigenvalue weighted by Gasteiger charge is -2.37. The summed E-state index contributed by atoms with van der Waals surface area (Å²) in [6, 6.07) is 17.4. The van der Waals surface area contributed by atoms with E-state index in [1.165, 1.54) is 0 Å². The van der Waals surface area contributed by atoms with Gasteiger partial charge in [-0.25, -0.2) is 4.79 Å². The molecular weight excluding hydrogens is 336 g/mol. The number of halogens is 1. The molecule has 3 rings (SSSR count). The Hall–Kier alpha value is -2.26. The number of hydrogen-bond acceptors (Lipinski definition) is 3. The predicted octanol–water partition coefficient (Wildman–Crippen LogP) is 5.34. The van der Waals surface area contributed by atoms with E-state index in [0.717, 1.165) is 11.1 Å². The van der Waals surface area contributed by atoms with E-state index < -0.39 is 5.60 Å². The van der Waals surface area contributed by atoms with Crippen molar-refractivity contribution in [1.82, 2.24) is 0 Å². The molecule has 25 heavy (non-hydrogen) atoms. The van der Waals surface area contributed by atoms with Gasteiger partial charge in [0.15, 0.2) is 0 Å². The van der Waals surface area contributed by atoms with Gasteiger partial charge in [0.05, 0.1) is 12.2 Å². The van der Waals surface area contributed by atoms with Crippen LogP contribution in [0.2, 0.25) is 5.02 Å². The van der Waals surface area contributed by atoms with Gasteiger partial charge in [-0.1, -0.05) is 54.1 Å². The van der Waals surface area contributed by atoms with Crippen LogP contribution in [0.3, 0.4) is 0 Å². The molecule has 0 fully saturated rings. The van der Waals surface area contributed by atoms with Crippen molar-refractivity contribution in [2.75, 3.05) is 6.61 Å². The average Bonchev–Trinajstić information content (AvgIpc) is 2.63. The lowest BCUT2D eigenvalue weighted by Crippen LogP contribution is -2.31. The fourth-order valence-corrected chi connectivity index (χ4v) is 3.18. The minimum absolute atomic E-state index is 0.306. The van der Waals surface area contributed by atoms with Gasteiger partial charge in [-0.05, 0) is 44.4 Å². The minimum atomic E-state index is -0.522.